The van der Waals surface area contributed by atoms with Crippen molar-refractivity contribution >= 4 is 17.7 Å². The second kappa shape index (κ2) is 7.45. The molecule has 1 N–H and O–H groups in total. The van der Waals surface area contributed by atoms with Crippen LogP contribution in [0.15, 0.2) is 60.7 Å². The molecule has 1 aliphatic rings. The molecule has 1 unspecified atom stereocenters. The highest BCUT2D eigenvalue weighted by atomic mass is 16.6. The smallest absolute Gasteiger partial charge is 0.415 e. The van der Waals surface area contributed by atoms with Crippen LogP contribution in [-0.4, -0.2) is 29.8 Å². The van der Waals surface area contributed by atoms with E-state index in [1.807, 2.05) is 31.2 Å². The molecule has 0 spiro atoms. The van der Waals surface area contributed by atoms with Crippen LogP contribution >= 0.6 is 0 Å². The Balaban J connectivity index is 2.16. The fourth-order valence-corrected chi connectivity index (χ4v) is 2.42. The molecule has 1 aliphatic heterocycles. The molecule has 1 aromatic rings. The first kappa shape index (κ1) is 16.5. The largest absolute Gasteiger partial charge is 0.480 e. The second-order valence-corrected chi connectivity index (χ2v) is 5.08. The Bertz CT molecular complexity index is 675. The van der Waals surface area contributed by atoms with E-state index < -0.39 is 18.1 Å². The maximum absolute atomic E-state index is 12.4. The van der Waals surface area contributed by atoms with E-state index in [0.717, 1.165) is 11.1 Å². The predicted molar refractivity (Wildman–Crippen MR) is 88.5 cm³/mol. The number of benzene rings is 1. The van der Waals surface area contributed by atoms with Gasteiger partial charge in [-0.1, -0.05) is 49.1 Å². The van der Waals surface area contributed by atoms with Gasteiger partial charge in [0.1, 0.15) is 12.6 Å². The highest BCUT2D eigenvalue weighted by Gasteiger charge is 2.39. The number of carbonyl (C=O) groups excluding carboxylic acids is 1. The van der Waals surface area contributed by atoms with E-state index in [1.54, 1.807) is 24.3 Å². The maximum atomic E-state index is 12.4. The molecule has 0 saturated carbocycles. The highest BCUT2D eigenvalue weighted by molar-refractivity contribution is 5.98. The van der Waals surface area contributed by atoms with Gasteiger partial charge in [-0.2, -0.15) is 0 Å². The molecule has 0 aliphatic carbocycles. The second-order valence-electron chi connectivity index (χ2n) is 5.08. The van der Waals surface area contributed by atoms with Crippen molar-refractivity contribution in [3.8, 4) is 0 Å². The first-order valence-electron chi connectivity index (χ1n) is 7.29. The molecule has 5 nitrogen and oxygen atoms in total. The van der Waals surface area contributed by atoms with Crippen LogP contribution in [0.5, 0.6) is 0 Å². The molecule has 1 atom stereocenters. The van der Waals surface area contributed by atoms with Gasteiger partial charge >= 0.3 is 12.1 Å². The van der Waals surface area contributed by atoms with E-state index in [4.69, 9.17) is 4.74 Å². The number of para-hydroxylation sites is 1. The van der Waals surface area contributed by atoms with Gasteiger partial charge in [-0.3, -0.25) is 4.90 Å². The van der Waals surface area contributed by atoms with Gasteiger partial charge in [0, 0.05) is 6.42 Å². The van der Waals surface area contributed by atoms with Gasteiger partial charge in [-0.25, -0.2) is 9.59 Å². The Morgan fingerprint density at radius 1 is 1.43 bits per heavy atom. The molecule has 0 radical (unpaired) electrons. The Kier molecular flexibility index (Phi) is 5.36. The van der Waals surface area contributed by atoms with Crippen molar-refractivity contribution in [2.24, 2.45) is 0 Å². The van der Waals surface area contributed by atoms with E-state index in [2.05, 4.69) is 6.58 Å². The number of carboxylic acid groups (broad SMARTS) is 1. The van der Waals surface area contributed by atoms with E-state index in [1.165, 1.54) is 4.90 Å². The third kappa shape index (κ3) is 3.69. The number of fused-ring (bicyclic) bond motifs is 1. The standard InChI is InChI=1S/C18H19NO4/c1-3-5-8-13(4-2)12-23-18(22)19-15-10-7-6-9-14(15)11-16(19)17(20)21/h3-10,16H,2,11-12H2,1H3,(H,20,21)/b5-3-,13-8+. The molecule has 120 valence electrons. The zero-order valence-corrected chi connectivity index (χ0v) is 12.9. The van der Waals surface area contributed by atoms with Crippen LogP contribution in [0.25, 0.3) is 0 Å². The fraction of sp³-hybridized carbons (Fsp3) is 0.222. The summed E-state index contributed by atoms with van der Waals surface area (Å²) in [5.74, 6) is -1.05. The minimum absolute atomic E-state index is 0.0394. The van der Waals surface area contributed by atoms with E-state index in [9.17, 15) is 14.7 Å². The van der Waals surface area contributed by atoms with Crippen molar-refractivity contribution in [2.45, 2.75) is 19.4 Å². The van der Waals surface area contributed by atoms with Crippen LogP contribution < -0.4 is 4.90 Å². The van der Waals surface area contributed by atoms with Crippen LogP contribution in [-0.2, 0) is 16.0 Å². The molecule has 1 heterocycles. The van der Waals surface area contributed by atoms with Gasteiger partial charge in [-0.05, 0) is 24.1 Å². The maximum Gasteiger partial charge on any atom is 0.415 e. The number of carbonyl (C=O) groups is 2. The lowest BCUT2D eigenvalue weighted by atomic mass is 10.1. The number of amides is 1. The number of aliphatic carboxylic acids is 1. The van der Waals surface area contributed by atoms with Crippen molar-refractivity contribution in [1.82, 2.24) is 0 Å². The van der Waals surface area contributed by atoms with Crippen LogP contribution in [0.3, 0.4) is 0 Å². The van der Waals surface area contributed by atoms with Crippen molar-refractivity contribution in [3.05, 3.63) is 66.3 Å². The first-order chi connectivity index (χ1) is 11.1. The molecule has 0 bridgehead atoms. The lowest BCUT2D eigenvalue weighted by Gasteiger charge is -2.22. The molecule has 0 aromatic heterocycles. The lowest BCUT2D eigenvalue weighted by molar-refractivity contribution is -0.138. The molecule has 23 heavy (non-hydrogen) atoms. The summed E-state index contributed by atoms with van der Waals surface area (Å²) in [5, 5.41) is 9.36. The summed E-state index contributed by atoms with van der Waals surface area (Å²) in [6.45, 7) is 5.58. The zero-order chi connectivity index (χ0) is 16.8. The third-order valence-corrected chi connectivity index (χ3v) is 3.59. The summed E-state index contributed by atoms with van der Waals surface area (Å²) >= 11 is 0. The number of hydrogen-bond donors (Lipinski definition) is 1. The van der Waals surface area contributed by atoms with Gasteiger partial charge < -0.3 is 9.84 Å². The summed E-state index contributed by atoms with van der Waals surface area (Å²) in [6, 6.07) is 6.20. The first-order valence-corrected chi connectivity index (χ1v) is 7.29. The van der Waals surface area contributed by atoms with Crippen molar-refractivity contribution in [3.63, 3.8) is 0 Å². The van der Waals surface area contributed by atoms with Crippen LogP contribution in [0.4, 0.5) is 10.5 Å². The van der Waals surface area contributed by atoms with Gasteiger partial charge in [0.15, 0.2) is 0 Å². The number of allylic oxidation sites excluding steroid dienone is 3. The number of carboxylic acids is 1. The van der Waals surface area contributed by atoms with Gasteiger partial charge in [0.25, 0.3) is 0 Å². The number of anilines is 1. The van der Waals surface area contributed by atoms with Crippen LogP contribution in [0, 0.1) is 0 Å². The highest BCUT2D eigenvalue weighted by Crippen LogP contribution is 2.32. The Hall–Kier alpha value is -2.82. The Morgan fingerprint density at radius 2 is 2.17 bits per heavy atom. The number of nitrogens with zero attached hydrogens (tertiary/aromatic N) is 1. The van der Waals surface area contributed by atoms with Crippen molar-refractivity contribution in [1.29, 1.82) is 0 Å². The van der Waals surface area contributed by atoms with Crippen molar-refractivity contribution in [2.75, 3.05) is 11.5 Å². The average molecular weight is 313 g/mol. The minimum atomic E-state index is -1.05. The van der Waals surface area contributed by atoms with E-state index >= 15 is 0 Å². The quantitative estimate of drug-likeness (QED) is 0.847. The summed E-state index contributed by atoms with van der Waals surface area (Å²) in [4.78, 5) is 25.0. The number of ether oxygens (including phenoxy) is 1. The summed E-state index contributed by atoms with van der Waals surface area (Å²) in [7, 11) is 0. The van der Waals surface area contributed by atoms with Gasteiger partial charge in [0.2, 0.25) is 0 Å². The molecular weight excluding hydrogens is 294 g/mol. The van der Waals surface area contributed by atoms with Crippen LogP contribution in [0.2, 0.25) is 0 Å². The molecule has 5 heteroatoms. The van der Waals surface area contributed by atoms with E-state index in [0.29, 0.717) is 5.69 Å². The van der Waals surface area contributed by atoms with Gasteiger partial charge in [0.05, 0.1) is 5.69 Å². The summed E-state index contributed by atoms with van der Waals surface area (Å²) in [6.07, 6.45) is 6.66. The van der Waals surface area contributed by atoms with E-state index in [-0.39, 0.29) is 13.0 Å². The SMILES string of the molecule is C=C/C(=C\C=C/C)COC(=O)N1c2ccccc2CC1C(=O)O. The molecule has 1 amide bonds. The molecule has 2 rings (SSSR count). The summed E-state index contributed by atoms with van der Waals surface area (Å²) < 4.78 is 5.26. The third-order valence-electron chi connectivity index (χ3n) is 3.59. The average Bonchev–Trinajstić information content (AvgIpc) is 2.94. The molecule has 1 aromatic carbocycles. The monoisotopic (exact) mass is 313 g/mol. The molecule has 0 saturated heterocycles. The lowest BCUT2D eigenvalue weighted by Crippen LogP contribution is -2.43. The fourth-order valence-electron chi connectivity index (χ4n) is 2.42. The molecule has 0 fully saturated rings. The van der Waals surface area contributed by atoms with Crippen molar-refractivity contribution < 1.29 is 19.4 Å². The number of hydrogen-bond acceptors (Lipinski definition) is 3. The Labute approximate surface area is 135 Å². The minimum Gasteiger partial charge on any atom is -0.480 e. The summed E-state index contributed by atoms with van der Waals surface area (Å²) in [5.41, 5.74) is 2.14. The normalized spacial score (nSPS) is 17.2. The zero-order valence-electron chi connectivity index (χ0n) is 12.9. The predicted octanol–water partition coefficient (Wildman–Crippen LogP) is 3.33. The van der Waals surface area contributed by atoms with Crippen LogP contribution in [0.1, 0.15) is 12.5 Å². The topological polar surface area (TPSA) is 66.8 Å². The Morgan fingerprint density at radius 3 is 2.83 bits per heavy atom. The van der Waals surface area contributed by atoms with Gasteiger partial charge in [-0.15, -0.1) is 0 Å². The molecular formula is C18H19NO4. The number of rotatable bonds is 5.